The quantitative estimate of drug-likeness (QED) is 0.860. The average Bonchev–Trinajstić information content (AvgIpc) is 2.28. The Bertz CT molecular complexity index is 616. The smallest absolute Gasteiger partial charge is 0.318 e. The number of sulfonamides is 1. The zero-order valence-corrected chi connectivity index (χ0v) is 10.7. The first kappa shape index (κ1) is 14.2. The molecule has 0 aliphatic rings. The maximum Gasteiger partial charge on any atom is 0.318 e. The van der Waals surface area contributed by atoms with Gasteiger partial charge in [-0.2, -0.15) is 9.57 Å². The fourth-order valence-electron chi connectivity index (χ4n) is 1.39. The summed E-state index contributed by atoms with van der Waals surface area (Å²) in [5.74, 6) is -1.24. The van der Waals surface area contributed by atoms with Crippen molar-refractivity contribution in [3.63, 3.8) is 0 Å². The van der Waals surface area contributed by atoms with E-state index >= 15 is 0 Å². The van der Waals surface area contributed by atoms with Gasteiger partial charge in [-0.15, -0.1) is 0 Å². The van der Waals surface area contributed by atoms with Crippen LogP contribution in [0.15, 0.2) is 23.1 Å². The lowest BCUT2D eigenvalue weighted by Crippen LogP contribution is -2.32. The zero-order valence-electron chi connectivity index (χ0n) is 9.91. The summed E-state index contributed by atoms with van der Waals surface area (Å²) >= 11 is 0. The summed E-state index contributed by atoms with van der Waals surface area (Å²) in [6.45, 7) is 0.960. The molecule has 0 saturated carbocycles. The zero-order chi connectivity index (χ0) is 13.9. The van der Waals surface area contributed by atoms with Gasteiger partial charge in [0.2, 0.25) is 10.0 Å². The second kappa shape index (κ2) is 5.16. The Kier molecular flexibility index (Phi) is 4.06. The first-order chi connectivity index (χ1) is 8.28. The number of carbonyl (C=O) groups is 1. The second-order valence-corrected chi connectivity index (χ2v) is 5.76. The molecule has 1 aromatic carbocycles. The van der Waals surface area contributed by atoms with Crippen molar-refractivity contribution in [1.82, 2.24) is 4.31 Å². The predicted octanol–water partition coefficient (Wildman–Crippen LogP) is 0.572. The maximum atomic E-state index is 12.1. The molecule has 18 heavy (non-hydrogen) atoms. The number of aliphatic carboxylic acids is 1. The number of likely N-dealkylation sites (N-methyl/N-ethyl adjacent to an activating group) is 1. The van der Waals surface area contributed by atoms with Crippen molar-refractivity contribution in [3.8, 4) is 6.07 Å². The van der Waals surface area contributed by atoms with E-state index in [-0.39, 0.29) is 10.5 Å². The molecular formula is C11H12N2O4S. The molecule has 1 N–H and O–H groups in total. The van der Waals surface area contributed by atoms with E-state index in [1.165, 1.54) is 25.2 Å². The molecule has 0 aromatic heterocycles. The first-order valence-electron chi connectivity index (χ1n) is 4.98. The number of benzene rings is 1. The van der Waals surface area contributed by atoms with Crippen molar-refractivity contribution in [2.45, 2.75) is 11.8 Å². The van der Waals surface area contributed by atoms with Crippen LogP contribution in [-0.4, -0.2) is 37.4 Å². The van der Waals surface area contributed by atoms with Crippen molar-refractivity contribution in [2.24, 2.45) is 0 Å². The van der Waals surface area contributed by atoms with E-state index in [9.17, 15) is 13.2 Å². The summed E-state index contributed by atoms with van der Waals surface area (Å²) in [7, 11) is -2.71. The minimum Gasteiger partial charge on any atom is -0.480 e. The Labute approximate surface area is 105 Å². The number of nitrogens with zero attached hydrogens (tertiary/aromatic N) is 2. The van der Waals surface area contributed by atoms with Gasteiger partial charge < -0.3 is 5.11 Å². The topological polar surface area (TPSA) is 98.5 Å². The van der Waals surface area contributed by atoms with Crippen LogP contribution < -0.4 is 0 Å². The Balaban J connectivity index is 3.28. The van der Waals surface area contributed by atoms with Crippen LogP contribution in [-0.2, 0) is 14.8 Å². The number of aryl methyl sites for hydroxylation is 1. The molecule has 0 bridgehead atoms. The van der Waals surface area contributed by atoms with E-state index in [0.717, 1.165) is 4.31 Å². The van der Waals surface area contributed by atoms with Crippen LogP contribution in [0.2, 0.25) is 0 Å². The standard InChI is InChI=1S/C11H12N2O4S/c1-8-3-4-9(6-12)5-10(8)18(16,17)13(2)7-11(14)15/h3-5H,7H2,1-2H3,(H,14,15). The van der Waals surface area contributed by atoms with Gasteiger partial charge in [-0.05, 0) is 24.6 Å². The van der Waals surface area contributed by atoms with Crippen molar-refractivity contribution in [2.75, 3.05) is 13.6 Å². The molecular weight excluding hydrogens is 256 g/mol. The number of carboxylic acids is 1. The van der Waals surface area contributed by atoms with E-state index in [0.29, 0.717) is 5.56 Å². The lowest BCUT2D eigenvalue weighted by atomic mass is 10.2. The number of hydrogen-bond acceptors (Lipinski definition) is 4. The fraction of sp³-hybridized carbons (Fsp3) is 0.273. The Morgan fingerprint density at radius 3 is 2.61 bits per heavy atom. The lowest BCUT2D eigenvalue weighted by molar-refractivity contribution is -0.137. The van der Waals surface area contributed by atoms with Crippen molar-refractivity contribution in [1.29, 1.82) is 5.26 Å². The highest BCUT2D eigenvalue weighted by Gasteiger charge is 2.24. The van der Waals surface area contributed by atoms with E-state index in [1.54, 1.807) is 6.92 Å². The van der Waals surface area contributed by atoms with Crippen LogP contribution in [0.1, 0.15) is 11.1 Å². The molecule has 6 nitrogen and oxygen atoms in total. The van der Waals surface area contributed by atoms with Crippen LogP contribution in [0, 0.1) is 18.3 Å². The van der Waals surface area contributed by atoms with Gasteiger partial charge >= 0.3 is 5.97 Å². The Hall–Kier alpha value is -1.91. The molecule has 0 amide bonds. The van der Waals surface area contributed by atoms with Crippen molar-refractivity contribution in [3.05, 3.63) is 29.3 Å². The summed E-state index contributed by atoms with van der Waals surface area (Å²) < 4.78 is 25.0. The third-order valence-electron chi connectivity index (χ3n) is 2.36. The van der Waals surface area contributed by atoms with Gasteiger partial charge in [0.15, 0.2) is 0 Å². The molecule has 1 rings (SSSR count). The fourth-order valence-corrected chi connectivity index (χ4v) is 2.76. The highest BCUT2D eigenvalue weighted by atomic mass is 32.2. The van der Waals surface area contributed by atoms with Gasteiger partial charge in [-0.1, -0.05) is 6.07 Å². The van der Waals surface area contributed by atoms with Gasteiger partial charge in [0.1, 0.15) is 6.54 Å². The second-order valence-electron chi connectivity index (χ2n) is 3.75. The van der Waals surface area contributed by atoms with E-state index in [1.807, 2.05) is 6.07 Å². The van der Waals surface area contributed by atoms with E-state index < -0.39 is 22.5 Å². The lowest BCUT2D eigenvalue weighted by Gasteiger charge is -2.16. The minimum atomic E-state index is -3.90. The molecule has 0 atom stereocenters. The van der Waals surface area contributed by atoms with Gasteiger partial charge in [0.25, 0.3) is 0 Å². The van der Waals surface area contributed by atoms with Crippen LogP contribution in [0.25, 0.3) is 0 Å². The monoisotopic (exact) mass is 268 g/mol. The molecule has 1 aromatic rings. The Morgan fingerprint density at radius 1 is 1.50 bits per heavy atom. The normalized spacial score (nSPS) is 11.2. The first-order valence-corrected chi connectivity index (χ1v) is 6.42. The highest BCUT2D eigenvalue weighted by molar-refractivity contribution is 7.89. The van der Waals surface area contributed by atoms with Crippen LogP contribution in [0.5, 0.6) is 0 Å². The van der Waals surface area contributed by atoms with Crippen LogP contribution in [0.4, 0.5) is 0 Å². The third kappa shape index (κ3) is 2.85. The summed E-state index contributed by atoms with van der Waals surface area (Å²) in [5, 5.41) is 17.4. The summed E-state index contributed by atoms with van der Waals surface area (Å²) in [5.41, 5.74) is 0.675. The summed E-state index contributed by atoms with van der Waals surface area (Å²) in [6, 6.07) is 6.11. The number of carboxylic acid groups (broad SMARTS) is 1. The molecule has 0 aliphatic carbocycles. The third-order valence-corrected chi connectivity index (χ3v) is 4.31. The van der Waals surface area contributed by atoms with Crippen molar-refractivity contribution < 1.29 is 18.3 Å². The molecule has 7 heteroatoms. The summed E-state index contributed by atoms with van der Waals surface area (Å²) in [6.07, 6.45) is 0. The van der Waals surface area contributed by atoms with E-state index in [2.05, 4.69) is 0 Å². The number of nitriles is 1. The summed E-state index contributed by atoms with van der Waals surface area (Å²) in [4.78, 5) is 10.5. The van der Waals surface area contributed by atoms with Gasteiger partial charge in [-0.3, -0.25) is 4.79 Å². The molecule has 0 saturated heterocycles. The largest absolute Gasteiger partial charge is 0.480 e. The van der Waals surface area contributed by atoms with Crippen LogP contribution >= 0.6 is 0 Å². The predicted molar refractivity (Wildman–Crippen MR) is 63.3 cm³/mol. The number of hydrogen-bond donors (Lipinski definition) is 1. The molecule has 0 spiro atoms. The average molecular weight is 268 g/mol. The van der Waals surface area contributed by atoms with Gasteiger partial charge in [0.05, 0.1) is 16.5 Å². The number of rotatable bonds is 4. The SMILES string of the molecule is Cc1ccc(C#N)cc1S(=O)(=O)N(C)CC(=O)O. The van der Waals surface area contributed by atoms with Gasteiger partial charge in [0, 0.05) is 7.05 Å². The molecule has 0 aliphatic heterocycles. The Morgan fingerprint density at radius 2 is 2.11 bits per heavy atom. The highest BCUT2D eigenvalue weighted by Crippen LogP contribution is 2.20. The molecule has 0 radical (unpaired) electrons. The van der Waals surface area contributed by atoms with E-state index in [4.69, 9.17) is 10.4 Å². The molecule has 0 heterocycles. The van der Waals surface area contributed by atoms with Crippen LogP contribution in [0.3, 0.4) is 0 Å². The molecule has 0 unspecified atom stereocenters. The van der Waals surface area contributed by atoms with Crippen molar-refractivity contribution >= 4 is 16.0 Å². The molecule has 96 valence electrons. The van der Waals surface area contributed by atoms with Gasteiger partial charge in [-0.25, -0.2) is 8.42 Å². The minimum absolute atomic E-state index is 0.0506. The molecule has 0 fully saturated rings. The maximum absolute atomic E-state index is 12.1.